The van der Waals surface area contributed by atoms with Crippen molar-refractivity contribution < 1.29 is 43.5 Å². The Morgan fingerprint density at radius 3 is 1.51 bits per heavy atom. The molecule has 0 aliphatic rings. The van der Waals surface area contributed by atoms with Crippen molar-refractivity contribution in [2.24, 2.45) is 0 Å². The summed E-state index contributed by atoms with van der Waals surface area (Å²) in [5, 5.41) is 18.5. The second-order valence-corrected chi connectivity index (χ2v) is 10.7. The highest BCUT2D eigenvalue weighted by Crippen LogP contribution is 2.39. The van der Waals surface area contributed by atoms with Gasteiger partial charge in [0, 0.05) is 25.6 Å². The van der Waals surface area contributed by atoms with Crippen molar-refractivity contribution in [3.8, 4) is 11.5 Å². The van der Waals surface area contributed by atoms with E-state index in [2.05, 4.69) is 31.9 Å². The zero-order valence-electron chi connectivity index (χ0n) is 22.0. The summed E-state index contributed by atoms with van der Waals surface area (Å²) in [4.78, 5) is 34.9. The second-order valence-electron chi connectivity index (χ2n) is 8.88. The molecule has 2 rings (SSSR count). The molecule has 2 aromatic carbocycles. The van der Waals surface area contributed by atoms with Crippen LogP contribution in [-0.4, -0.2) is 56.6 Å². The Balaban J connectivity index is 0.000000371. The van der Waals surface area contributed by atoms with E-state index in [1.54, 1.807) is 45.9 Å². The third-order valence-corrected chi connectivity index (χ3v) is 6.65. The molecular formula is C26H32Br2O9. The fraction of sp³-hybridized carbons (Fsp3) is 0.423. The molecular weight excluding hydrogens is 616 g/mol. The van der Waals surface area contributed by atoms with Crippen LogP contribution in [0.15, 0.2) is 33.2 Å². The predicted octanol–water partition coefficient (Wildman–Crippen LogP) is 5.01. The summed E-state index contributed by atoms with van der Waals surface area (Å²) < 4.78 is 21.4. The molecule has 0 aliphatic carbocycles. The normalized spacial score (nSPS) is 11.1. The van der Waals surface area contributed by atoms with Crippen LogP contribution >= 0.6 is 31.9 Å². The number of esters is 2. The molecule has 0 saturated carbocycles. The molecule has 0 spiro atoms. The second kappa shape index (κ2) is 13.3. The van der Waals surface area contributed by atoms with Crippen molar-refractivity contribution in [1.82, 2.24) is 0 Å². The molecule has 11 heteroatoms. The van der Waals surface area contributed by atoms with Crippen LogP contribution in [0.5, 0.6) is 11.5 Å². The first-order chi connectivity index (χ1) is 17.1. The Labute approximate surface area is 233 Å². The van der Waals surface area contributed by atoms with E-state index in [0.29, 0.717) is 26.9 Å². The third kappa shape index (κ3) is 7.24. The Morgan fingerprint density at radius 2 is 1.16 bits per heavy atom. The molecule has 0 saturated heterocycles. The topological polar surface area (TPSA) is 129 Å². The molecule has 204 valence electrons. The molecule has 9 nitrogen and oxygen atoms in total. The molecule has 0 unspecified atom stereocenters. The molecule has 0 aromatic heterocycles. The molecule has 0 atom stereocenters. The third-order valence-electron chi connectivity index (χ3n) is 5.73. The first kappa shape index (κ1) is 32.4. The summed E-state index contributed by atoms with van der Waals surface area (Å²) in [7, 11) is 5.51. The van der Waals surface area contributed by atoms with Gasteiger partial charge in [-0.05, 0) is 52.0 Å². The van der Waals surface area contributed by atoms with E-state index in [-0.39, 0.29) is 23.9 Å². The number of rotatable bonds is 8. The maximum atomic E-state index is 11.9. The van der Waals surface area contributed by atoms with Crippen LogP contribution in [-0.2, 0) is 36.5 Å². The first-order valence-electron chi connectivity index (χ1n) is 10.9. The van der Waals surface area contributed by atoms with Gasteiger partial charge in [-0.3, -0.25) is 9.59 Å². The minimum Gasteiger partial charge on any atom is -0.496 e. The number of aliphatic hydroxyl groups excluding tert-OH is 1. The maximum absolute atomic E-state index is 11.9. The number of methoxy groups -OCH3 is 4. The summed E-state index contributed by atoms with van der Waals surface area (Å²) >= 11 is 6.60. The van der Waals surface area contributed by atoms with Gasteiger partial charge in [0.25, 0.3) is 0 Å². The highest BCUT2D eigenvalue weighted by Gasteiger charge is 2.36. The number of hydrogen-bond acceptors (Lipinski definition) is 8. The van der Waals surface area contributed by atoms with E-state index in [1.165, 1.54) is 34.5 Å². The molecule has 0 bridgehead atoms. The predicted molar refractivity (Wildman–Crippen MR) is 144 cm³/mol. The zero-order valence-corrected chi connectivity index (χ0v) is 25.2. The van der Waals surface area contributed by atoms with Gasteiger partial charge in [0.05, 0.1) is 45.9 Å². The van der Waals surface area contributed by atoms with Crippen molar-refractivity contribution in [1.29, 1.82) is 0 Å². The number of ether oxygens (including phenoxy) is 4. The minimum atomic E-state index is -1.12. The quantitative estimate of drug-likeness (QED) is 0.380. The van der Waals surface area contributed by atoms with E-state index in [9.17, 15) is 24.6 Å². The molecule has 0 radical (unpaired) electrons. The lowest BCUT2D eigenvalue weighted by Crippen LogP contribution is -2.31. The maximum Gasteiger partial charge on any atom is 0.339 e. The fourth-order valence-electron chi connectivity index (χ4n) is 3.64. The highest BCUT2D eigenvalue weighted by atomic mass is 79.9. The van der Waals surface area contributed by atoms with Crippen LogP contribution < -0.4 is 9.47 Å². The molecule has 37 heavy (non-hydrogen) atoms. The van der Waals surface area contributed by atoms with Crippen molar-refractivity contribution >= 4 is 49.8 Å². The van der Waals surface area contributed by atoms with Crippen LogP contribution in [0.4, 0.5) is 0 Å². The van der Waals surface area contributed by atoms with Gasteiger partial charge in [0.2, 0.25) is 0 Å². The van der Waals surface area contributed by atoms with Crippen LogP contribution in [0.3, 0.4) is 0 Å². The largest absolute Gasteiger partial charge is 0.496 e. The summed E-state index contributed by atoms with van der Waals surface area (Å²) in [5.74, 6) is -1.29. The van der Waals surface area contributed by atoms with Gasteiger partial charge in [-0.2, -0.15) is 0 Å². The lowest BCUT2D eigenvalue weighted by molar-refractivity contribution is -0.147. The zero-order chi connectivity index (χ0) is 28.7. The Morgan fingerprint density at radius 1 is 0.757 bits per heavy atom. The molecule has 0 aliphatic heterocycles. The van der Waals surface area contributed by atoms with Crippen LogP contribution in [0.2, 0.25) is 0 Å². The number of carboxylic acid groups (broad SMARTS) is 1. The fourth-order valence-corrected chi connectivity index (χ4v) is 4.60. The van der Waals surface area contributed by atoms with E-state index >= 15 is 0 Å². The van der Waals surface area contributed by atoms with Gasteiger partial charge in [-0.1, -0.05) is 31.9 Å². The van der Waals surface area contributed by atoms with E-state index in [0.717, 1.165) is 4.47 Å². The van der Waals surface area contributed by atoms with Crippen molar-refractivity contribution in [2.75, 3.05) is 28.4 Å². The lowest BCUT2D eigenvalue weighted by Gasteiger charge is -2.25. The smallest absolute Gasteiger partial charge is 0.339 e. The number of aliphatic hydroxyl groups is 1. The van der Waals surface area contributed by atoms with Crippen molar-refractivity contribution in [3.05, 3.63) is 55.5 Å². The number of carbonyl (C=O) groups excluding carboxylic acids is 2. The van der Waals surface area contributed by atoms with Crippen LogP contribution in [0.25, 0.3) is 0 Å². The standard InChI is InChI=1S/C13H15BrO5.C13H17BrO4/c1-13(2,12(17)19-4)9-6-7(14)5-8(11(15)16)10(9)18-3;1-13(2,12(16)18-4)10-6-9(14)5-8(7-15)11(10)17-3/h5-6H,1-4H3,(H,15,16);5-6,15H,7H2,1-4H3. The number of carbonyl (C=O) groups is 3. The van der Waals surface area contributed by atoms with Crippen molar-refractivity contribution in [2.45, 2.75) is 45.1 Å². The summed E-state index contributed by atoms with van der Waals surface area (Å²) in [5.41, 5.74) is -0.131. The SMILES string of the molecule is COC(=O)C(C)(C)c1cc(Br)cc(C(=O)O)c1OC.COC(=O)C(C)(C)c1cc(Br)cc(CO)c1OC. The molecule has 0 amide bonds. The molecule has 0 fully saturated rings. The molecule has 2 aromatic rings. The Kier molecular flexibility index (Phi) is 11.6. The average Bonchev–Trinajstić information content (AvgIpc) is 2.86. The Hall–Kier alpha value is -2.63. The summed E-state index contributed by atoms with van der Waals surface area (Å²) in [6.45, 7) is 6.64. The van der Waals surface area contributed by atoms with Gasteiger partial charge in [-0.15, -0.1) is 0 Å². The number of aromatic carboxylic acids is 1. The first-order valence-corrected chi connectivity index (χ1v) is 12.5. The van der Waals surface area contributed by atoms with E-state index < -0.39 is 22.8 Å². The van der Waals surface area contributed by atoms with Crippen molar-refractivity contribution in [3.63, 3.8) is 0 Å². The number of benzene rings is 2. The summed E-state index contributed by atoms with van der Waals surface area (Å²) in [6, 6.07) is 6.64. The van der Waals surface area contributed by atoms with Gasteiger partial charge in [0.1, 0.15) is 17.1 Å². The van der Waals surface area contributed by atoms with E-state index in [1.807, 2.05) is 0 Å². The summed E-state index contributed by atoms with van der Waals surface area (Å²) in [6.07, 6.45) is 0. The molecule has 0 heterocycles. The van der Waals surface area contributed by atoms with Crippen LogP contribution in [0.1, 0.15) is 54.7 Å². The van der Waals surface area contributed by atoms with Gasteiger partial charge in [0.15, 0.2) is 0 Å². The van der Waals surface area contributed by atoms with Gasteiger partial charge < -0.3 is 29.2 Å². The Bertz CT molecular complexity index is 1160. The van der Waals surface area contributed by atoms with E-state index in [4.69, 9.17) is 18.9 Å². The van der Waals surface area contributed by atoms with Crippen LogP contribution in [0, 0.1) is 0 Å². The number of halogens is 2. The minimum absolute atomic E-state index is 0.0103. The lowest BCUT2D eigenvalue weighted by atomic mass is 9.83. The monoisotopic (exact) mass is 646 g/mol. The van der Waals surface area contributed by atoms with Gasteiger partial charge in [-0.25, -0.2) is 4.79 Å². The number of carboxylic acids is 1. The number of hydrogen-bond donors (Lipinski definition) is 2. The van der Waals surface area contributed by atoms with Gasteiger partial charge >= 0.3 is 17.9 Å². The highest BCUT2D eigenvalue weighted by molar-refractivity contribution is 9.10. The average molecular weight is 648 g/mol. The molecule has 2 N–H and O–H groups in total.